The molecule has 2 rings (SSSR count). The first-order chi connectivity index (χ1) is 9.47. The summed E-state index contributed by atoms with van der Waals surface area (Å²) in [5, 5.41) is 11.5. The Kier molecular flexibility index (Phi) is 3.87. The lowest BCUT2D eigenvalue weighted by Gasteiger charge is -2.33. The second-order valence-electron chi connectivity index (χ2n) is 4.62. The third-order valence-electron chi connectivity index (χ3n) is 3.62. The van der Waals surface area contributed by atoms with Gasteiger partial charge in [-0.15, -0.1) is 0 Å². The Bertz CT molecular complexity index is 463. The summed E-state index contributed by atoms with van der Waals surface area (Å²) >= 11 is 0. The first-order valence-corrected chi connectivity index (χ1v) is 6.22. The highest BCUT2D eigenvalue weighted by molar-refractivity contribution is 5.87. The number of hydrogen-bond acceptors (Lipinski definition) is 7. The minimum absolute atomic E-state index is 0.00637. The molecule has 2 heterocycles. The number of nitrogens with zero attached hydrogens (tertiary/aromatic N) is 1. The van der Waals surface area contributed by atoms with E-state index in [1.165, 1.54) is 0 Å². The number of nitro groups is 1. The summed E-state index contributed by atoms with van der Waals surface area (Å²) in [6, 6.07) is 0. The molecule has 2 fully saturated rings. The minimum atomic E-state index is -2.20. The summed E-state index contributed by atoms with van der Waals surface area (Å²) in [4.78, 5) is 34.6. The number of ether oxygens (including phenoxy) is 3. The van der Waals surface area contributed by atoms with Crippen LogP contribution in [0.4, 0.5) is 0 Å². The van der Waals surface area contributed by atoms with Gasteiger partial charge in [0.2, 0.25) is 6.29 Å². The molecule has 8 nitrogen and oxygen atoms in total. The molecular formula is C12H15NO7. The van der Waals surface area contributed by atoms with Crippen LogP contribution in [0.2, 0.25) is 0 Å². The van der Waals surface area contributed by atoms with Gasteiger partial charge >= 0.3 is 11.5 Å². The lowest BCUT2D eigenvalue weighted by molar-refractivity contribution is -0.554. The first-order valence-electron chi connectivity index (χ1n) is 6.22. The molecule has 0 spiro atoms. The molecule has 0 aromatic carbocycles. The maximum absolute atomic E-state index is 12.1. The molecule has 2 aliphatic heterocycles. The van der Waals surface area contributed by atoms with Crippen molar-refractivity contribution in [1.82, 2.24) is 0 Å². The van der Waals surface area contributed by atoms with Crippen LogP contribution in [0.5, 0.6) is 0 Å². The SMILES string of the molecule is C=CC(C(=O)OCC)([C@H]1CC(=O)[C@@H]2OC[C@H]1O2)[N+](=O)[O-]. The lowest BCUT2D eigenvalue weighted by Crippen LogP contribution is -2.58. The molecule has 4 atom stereocenters. The fraction of sp³-hybridized carbons (Fsp3) is 0.667. The number of fused-ring (bicyclic) bond motifs is 2. The van der Waals surface area contributed by atoms with Crippen molar-refractivity contribution in [3.05, 3.63) is 22.8 Å². The Morgan fingerprint density at radius 2 is 2.40 bits per heavy atom. The molecule has 0 aromatic heterocycles. The van der Waals surface area contributed by atoms with Crippen molar-refractivity contribution in [1.29, 1.82) is 0 Å². The zero-order valence-corrected chi connectivity index (χ0v) is 10.9. The summed E-state index contributed by atoms with van der Waals surface area (Å²) in [5.74, 6) is -2.44. The second-order valence-corrected chi connectivity index (χ2v) is 4.62. The van der Waals surface area contributed by atoms with Crippen molar-refractivity contribution >= 4 is 11.8 Å². The number of hydrogen-bond donors (Lipinski definition) is 0. The topological polar surface area (TPSA) is 105 Å². The van der Waals surface area contributed by atoms with Gasteiger partial charge < -0.3 is 14.2 Å². The molecule has 20 heavy (non-hydrogen) atoms. The van der Waals surface area contributed by atoms with Crippen molar-refractivity contribution in [3.63, 3.8) is 0 Å². The predicted octanol–water partition coefficient (Wildman–Crippen LogP) is 0.0815. The van der Waals surface area contributed by atoms with Crippen LogP contribution in [0.15, 0.2) is 12.7 Å². The highest BCUT2D eigenvalue weighted by Crippen LogP contribution is 2.39. The summed E-state index contributed by atoms with van der Waals surface area (Å²) < 4.78 is 15.2. The van der Waals surface area contributed by atoms with Gasteiger partial charge in [-0.05, 0) is 13.0 Å². The van der Waals surface area contributed by atoms with E-state index in [1.807, 2.05) is 0 Å². The van der Waals surface area contributed by atoms with Crippen LogP contribution in [-0.4, -0.2) is 47.8 Å². The molecule has 1 unspecified atom stereocenters. The molecule has 8 heteroatoms. The molecule has 0 radical (unpaired) electrons. The van der Waals surface area contributed by atoms with E-state index in [4.69, 9.17) is 14.2 Å². The normalized spacial score (nSPS) is 31.4. The van der Waals surface area contributed by atoms with E-state index in [0.29, 0.717) is 0 Å². The van der Waals surface area contributed by atoms with Crippen LogP contribution >= 0.6 is 0 Å². The molecule has 2 bridgehead atoms. The van der Waals surface area contributed by atoms with E-state index in [2.05, 4.69) is 6.58 Å². The Hall–Kier alpha value is -1.80. The fourth-order valence-electron chi connectivity index (χ4n) is 2.60. The fourth-order valence-corrected chi connectivity index (χ4v) is 2.60. The third-order valence-corrected chi connectivity index (χ3v) is 3.62. The smallest absolute Gasteiger partial charge is 0.389 e. The Labute approximate surface area is 114 Å². The maximum Gasteiger partial charge on any atom is 0.389 e. The van der Waals surface area contributed by atoms with E-state index in [-0.39, 0.29) is 19.6 Å². The van der Waals surface area contributed by atoms with Crippen molar-refractivity contribution in [2.45, 2.75) is 31.3 Å². The largest absolute Gasteiger partial charge is 0.460 e. The molecule has 0 saturated carbocycles. The minimum Gasteiger partial charge on any atom is -0.460 e. The summed E-state index contributed by atoms with van der Waals surface area (Å²) in [6.07, 6.45) is -0.940. The zero-order valence-electron chi connectivity index (χ0n) is 10.9. The van der Waals surface area contributed by atoms with Crippen molar-refractivity contribution < 1.29 is 28.7 Å². The van der Waals surface area contributed by atoms with Gasteiger partial charge in [-0.2, -0.15) is 0 Å². The molecule has 2 aliphatic rings. The Balaban J connectivity index is 2.40. The van der Waals surface area contributed by atoms with Crippen LogP contribution in [-0.2, 0) is 23.8 Å². The van der Waals surface area contributed by atoms with Gasteiger partial charge in [0.15, 0.2) is 5.78 Å². The summed E-state index contributed by atoms with van der Waals surface area (Å²) in [5.41, 5.74) is -2.20. The molecule has 0 aliphatic carbocycles. The van der Waals surface area contributed by atoms with E-state index in [0.717, 1.165) is 6.08 Å². The van der Waals surface area contributed by atoms with Crippen LogP contribution in [0, 0.1) is 16.0 Å². The predicted molar refractivity (Wildman–Crippen MR) is 64.3 cm³/mol. The molecule has 0 amide bonds. The highest BCUT2D eigenvalue weighted by Gasteiger charge is 2.63. The Morgan fingerprint density at radius 1 is 1.70 bits per heavy atom. The van der Waals surface area contributed by atoms with E-state index >= 15 is 0 Å². The average molecular weight is 285 g/mol. The molecule has 2 saturated heterocycles. The quantitative estimate of drug-likeness (QED) is 0.305. The number of carbonyl (C=O) groups excluding carboxylic acids is 2. The number of esters is 1. The van der Waals surface area contributed by atoms with E-state index < -0.39 is 40.5 Å². The highest BCUT2D eigenvalue weighted by atomic mass is 16.7. The maximum atomic E-state index is 12.1. The van der Waals surface area contributed by atoms with Crippen molar-refractivity contribution in [3.8, 4) is 0 Å². The number of carbonyl (C=O) groups is 2. The number of Topliss-reactive ketones (excluding diaryl/α,β-unsaturated/α-hetero) is 1. The number of rotatable bonds is 5. The first kappa shape index (κ1) is 14.6. The standard InChI is InChI=1S/C12H15NO7/c1-3-12(13(16)17,11(15)18-4-2)7-5-8(14)10-19-6-9(7)20-10/h3,7,9-10H,1,4-6H2,2H3/t7-,9+,10+,12?/m0/s1. The van der Waals surface area contributed by atoms with Gasteiger partial charge in [0.1, 0.15) is 0 Å². The van der Waals surface area contributed by atoms with Crippen molar-refractivity contribution in [2.75, 3.05) is 13.2 Å². The van der Waals surface area contributed by atoms with Gasteiger partial charge in [0.25, 0.3) is 0 Å². The third kappa shape index (κ3) is 2.01. The van der Waals surface area contributed by atoms with Gasteiger partial charge in [0, 0.05) is 11.3 Å². The molecular weight excluding hydrogens is 270 g/mol. The monoisotopic (exact) mass is 285 g/mol. The number of ketones is 1. The zero-order chi connectivity index (χ0) is 14.9. The lowest BCUT2D eigenvalue weighted by atomic mass is 9.76. The average Bonchev–Trinajstić information content (AvgIpc) is 2.82. The van der Waals surface area contributed by atoms with Crippen LogP contribution in [0.1, 0.15) is 13.3 Å². The van der Waals surface area contributed by atoms with Crippen LogP contribution in [0.25, 0.3) is 0 Å². The van der Waals surface area contributed by atoms with Crippen molar-refractivity contribution in [2.24, 2.45) is 5.92 Å². The van der Waals surface area contributed by atoms with E-state index in [9.17, 15) is 19.7 Å². The molecule has 110 valence electrons. The second kappa shape index (κ2) is 5.29. The van der Waals surface area contributed by atoms with Gasteiger partial charge in [-0.25, -0.2) is 4.79 Å². The van der Waals surface area contributed by atoms with Crippen LogP contribution < -0.4 is 0 Å². The Morgan fingerprint density at radius 3 is 2.95 bits per heavy atom. The van der Waals surface area contributed by atoms with Gasteiger partial charge in [0.05, 0.1) is 25.2 Å². The van der Waals surface area contributed by atoms with Crippen LogP contribution in [0.3, 0.4) is 0 Å². The van der Waals surface area contributed by atoms with Gasteiger partial charge in [-0.3, -0.25) is 14.9 Å². The molecule has 0 N–H and O–H groups in total. The van der Waals surface area contributed by atoms with Gasteiger partial charge in [-0.1, -0.05) is 6.58 Å². The molecule has 0 aromatic rings. The summed E-state index contributed by atoms with van der Waals surface area (Å²) in [7, 11) is 0. The summed E-state index contributed by atoms with van der Waals surface area (Å²) in [6.45, 7) is 4.96. The van der Waals surface area contributed by atoms with E-state index in [1.54, 1.807) is 6.92 Å².